The van der Waals surface area contributed by atoms with Gasteiger partial charge >= 0.3 is 6.55 Å². The Bertz CT molecular complexity index is 2270. The van der Waals surface area contributed by atoms with Crippen molar-refractivity contribution in [3.05, 3.63) is 123 Å². The molecule has 0 unspecified atom stereocenters. The van der Waals surface area contributed by atoms with Gasteiger partial charge in [-0.25, -0.2) is 0 Å². The van der Waals surface area contributed by atoms with Crippen molar-refractivity contribution in [2.45, 2.75) is 52.4 Å². The van der Waals surface area contributed by atoms with E-state index in [9.17, 15) is 28.7 Å². The van der Waals surface area contributed by atoms with Crippen LogP contribution in [0.4, 0.5) is 20.2 Å². The van der Waals surface area contributed by atoms with Gasteiger partial charge in [0.15, 0.2) is 0 Å². The second-order valence-electron chi connectivity index (χ2n) is 13.6. The number of carbonyl (C=O) groups is 2. The van der Waals surface area contributed by atoms with Crippen molar-refractivity contribution in [3.63, 3.8) is 0 Å². The van der Waals surface area contributed by atoms with E-state index in [1.54, 1.807) is 20.1 Å². The van der Waals surface area contributed by atoms with Gasteiger partial charge in [-0.15, -0.1) is 0 Å². The number of halogens is 2. The van der Waals surface area contributed by atoms with Gasteiger partial charge in [0.05, 0.1) is 23.9 Å². The summed E-state index contributed by atoms with van der Waals surface area (Å²) in [4.78, 5) is 32.8. The molecule has 1 atom stereocenters. The van der Waals surface area contributed by atoms with Gasteiger partial charge in [-0.05, 0) is 104 Å². The number of phenolic OH excluding ortho intramolecular Hbond substituents is 1. The van der Waals surface area contributed by atoms with Crippen LogP contribution in [0.5, 0.6) is 5.75 Å². The highest BCUT2D eigenvalue weighted by molar-refractivity contribution is 6.13. The maximum Gasteiger partial charge on any atom is 0.319 e. The largest absolute Gasteiger partial charge is 0.508 e. The molecule has 2 aliphatic heterocycles. The minimum absolute atomic E-state index is 0.0247. The van der Waals surface area contributed by atoms with E-state index in [4.69, 9.17) is 4.74 Å². The van der Waals surface area contributed by atoms with Gasteiger partial charge in [0, 0.05) is 61.1 Å². The van der Waals surface area contributed by atoms with Crippen molar-refractivity contribution in [1.29, 1.82) is 5.26 Å². The Morgan fingerprint density at radius 1 is 1.00 bits per heavy atom. The van der Waals surface area contributed by atoms with E-state index in [0.717, 1.165) is 29.7 Å². The number of nitrogens with one attached hydrogen (secondary N) is 1. The predicted molar refractivity (Wildman–Crippen MR) is 196 cm³/mol. The molecule has 0 fully saturated rings. The van der Waals surface area contributed by atoms with Crippen LogP contribution >= 0.6 is 0 Å². The molecule has 272 valence electrons. The number of nitriles is 1. The number of alkyl halides is 2. The van der Waals surface area contributed by atoms with Crippen LogP contribution in [0.25, 0.3) is 11.3 Å². The van der Waals surface area contributed by atoms with Gasteiger partial charge in [0.2, 0.25) is 0 Å². The third-order valence-corrected chi connectivity index (χ3v) is 10.6. The number of benzene rings is 3. The van der Waals surface area contributed by atoms with Gasteiger partial charge < -0.3 is 24.6 Å². The molecule has 0 bridgehead atoms. The summed E-state index contributed by atoms with van der Waals surface area (Å²) in [5, 5.41) is 23.2. The summed E-state index contributed by atoms with van der Waals surface area (Å²) in [5.41, 5.74) is 7.25. The molecule has 10 nitrogen and oxygen atoms in total. The summed E-state index contributed by atoms with van der Waals surface area (Å²) in [6, 6.07) is 22.6. The Hall–Kier alpha value is -5.77. The zero-order chi connectivity index (χ0) is 37.6. The van der Waals surface area contributed by atoms with E-state index in [1.807, 2.05) is 46.8 Å². The lowest BCUT2D eigenvalue weighted by Gasteiger charge is -2.37. The normalized spacial score (nSPS) is 15.2. The highest BCUT2D eigenvalue weighted by Crippen LogP contribution is 2.39. The van der Waals surface area contributed by atoms with Gasteiger partial charge in [-0.2, -0.15) is 14.0 Å². The second-order valence-corrected chi connectivity index (χ2v) is 13.6. The third kappa shape index (κ3) is 6.36. The molecule has 3 aromatic carbocycles. The maximum atomic E-state index is 14.8. The molecule has 2 aromatic heterocycles. The van der Waals surface area contributed by atoms with E-state index < -0.39 is 12.5 Å². The highest BCUT2D eigenvalue weighted by Gasteiger charge is 2.34. The number of carbonyl (C=O) groups excluding carboxylic acids is 2. The van der Waals surface area contributed by atoms with Crippen LogP contribution in [-0.2, 0) is 37.7 Å². The van der Waals surface area contributed by atoms with Crippen LogP contribution in [0.2, 0.25) is 0 Å². The highest BCUT2D eigenvalue weighted by atomic mass is 19.3. The topological polar surface area (TPSA) is 116 Å². The summed E-state index contributed by atoms with van der Waals surface area (Å²) in [6.07, 6.45) is 1.43. The molecule has 0 radical (unpaired) electrons. The number of hydrogen-bond donors (Lipinski definition) is 2. The van der Waals surface area contributed by atoms with Crippen molar-refractivity contribution in [1.82, 2.24) is 19.4 Å². The minimum atomic E-state index is -3.01. The van der Waals surface area contributed by atoms with Crippen molar-refractivity contribution in [2.75, 3.05) is 25.2 Å². The van der Waals surface area contributed by atoms with Crippen molar-refractivity contribution in [3.8, 4) is 23.1 Å². The molecule has 4 heterocycles. The molecule has 2 amide bonds. The molecule has 0 aliphatic carbocycles. The van der Waals surface area contributed by atoms with Crippen molar-refractivity contribution in [2.24, 2.45) is 7.05 Å². The Morgan fingerprint density at radius 2 is 1.74 bits per heavy atom. The molecule has 12 heteroatoms. The summed E-state index contributed by atoms with van der Waals surface area (Å²) in [6.45, 7) is 2.44. The lowest BCUT2D eigenvalue weighted by molar-refractivity contribution is 0.0477. The average Bonchev–Trinajstić information content (AvgIpc) is 3.65. The van der Waals surface area contributed by atoms with Crippen LogP contribution in [0, 0.1) is 25.2 Å². The lowest BCUT2D eigenvalue weighted by atomic mass is 9.90. The summed E-state index contributed by atoms with van der Waals surface area (Å²) in [7, 11) is 3.47. The molecule has 2 aliphatic rings. The van der Waals surface area contributed by atoms with E-state index in [-0.39, 0.29) is 40.3 Å². The molecular formula is C41H40F2N6O4. The fraction of sp³-hybridized carbons (Fsp3) is 0.293. The number of nitrogens with zero attached hydrogens (tertiary/aromatic N) is 5. The minimum Gasteiger partial charge on any atom is -0.508 e. The number of fused-ring (bicyclic) bond motifs is 2. The van der Waals surface area contributed by atoms with Gasteiger partial charge in [-0.3, -0.25) is 19.1 Å². The zero-order valence-corrected chi connectivity index (χ0v) is 30.0. The first-order valence-electron chi connectivity index (χ1n) is 17.5. The first kappa shape index (κ1) is 35.6. The Labute approximate surface area is 306 Å². The van der Waals surface area contributed by atoms with E-state index in [2.05, 4.69) is 17.4 Å². The SMILES string of the molecule is COC[C@@H]1Cc2ccccc2CN1C(=O)c1cc2c(cc1-c1cc(C(=O)N(c3ccc(O)cc3)c3cc(C#N)n(C(F)F)c3C)c(C)n1C)CCNC2. The number of ether oxygens (including phenoxy) is 1. The molecule has 5 aromatic rings. The Morgan fingerprint density at radius 3 is 2.42 bits per heavy atom. The molecular weight excluding hydrogens is 678 g/mol. The number of phenols is 1. The van der Waals surface area contributed by atoms with Crippen LogP contribution in [0.3, 0.4) is 0 Å². The van der Waals surface area contributed by atoms with E-state index >= 15 is 0 Å². The van der Waals surface area contributed by atoms with Gasteiger partial charge in [0.1, 0.15) is 17.5 Å². The quantitative estimate of drug-likeness (QED) is 0.180. The first-order chi connectivity index (χ1) is 25.5. The predicted octanol–water partition coefficient (Wildman–Crippen LogP) is 6.92. The van der Waals surface area contributed by atoms with Crippen LogP contribution in [0.15, 0.2) is 72.8 Å². The molecule has 2 N–H and O–H groups in total. The number of amides is 2. The second kappa shape index (κ2) is 14.3. The van der Waals surface area contributed by atoms with Gasteiger partial charge in [-0.1, -0.05) is 24.3 Å². The average molecular weight is 719 g/mol. The van der Waals surface area contributed by atoms with E-state index in [0.29, 0.717) is 58.9 Å². The number of aromatic nitrogens is 2. The number of anilines is 2. The summed E-state index contributed by atoms with van der Waals surface area (Å²) < 4.78 is 36.4. The van der Waals surface area contributed by atoms with Crippen molar-refractivity contribution >= 4 is 23.2 Å². The Kier molecular flexibility index (Phi) is 9.63. The number of hydrogen-bond acceptors (Lipinski definition) is 6. The monoisotopic (exact) mass is 718 g/mol. The molecule has 0 saturated carbocycles. The number of methoxy groups -OCH3 is 1. The standard InChI is InChI=1S/C41H40F2N6O4/c1-24-34(40(52)49(30-9-11-33(50)12-10-30)37-18-31(20-44)48(25(37)2)41(42)43)19-38(46(24)3)35-16-27-13-14-45-21-29(27)17-36(35)39(51)47-22-28-8-6-5-7-26(28)15-32(47)23-53-4/h5-12,16-19,32,41,45,50H,13-15,21-23H2,1-4H3/t32-/m0/s1. The molecule has 0 spiro atoms. The molecule has 0 saturated heterocycles. The summed E-state index contributed by atoms with van der Waals surface area (Å²) in [5.74, 6) is -0.712. The smallest absolute Gasteiger partial charge is 0.319 e. The zero-order valence-electron chi connectivity index (χ0n) is 30.0. The third-order valence-electron chi connectivity index (χ3n) is 10.6. The van der Waals surface area contributed by atoms with Gasteiger partial charge in [0.25, 0.3) is 11.8 Å². The maximum absolute atomic E-state index is 14.8. The first-order valence-corrected chi connectivity index (χ1v) is 17.5. The summed E-state index contributed by atoms with van der Waals surface area (Å²) >= 11 is 0. The number of aromatic hydroxyl groups is 1. The molecule has 53 heavy (non-hydrogen) atoms. The van der Waals surface area contributed by atoms with Crippen LogP contribution in [-0.4, -0.2) is 57.3 Å². The fourth-order valence-electron chi connectivity index (χ4n) is 7.68. The van der Waals surface area contributed by atoms with Crippen LogP contribution < -0.4 is 10.2 Å². The van der Waals surface area contributed by atoms with E-state index in [1.165, 1.54) is 47.7 Å². The van der Waals surface area contributed by atoms with Crippen molar-refractivity contribution < 1.29 is 28.2 Å². The number of rotatable bonds is 8. The Balaban J connectivity index is 1.36. The molecule has 7 rings (SSSR count). The van der Waals surface area contributed by atoms with Crippen LogP contribution in [0.1, 0.15) is 66.6 Å². The lowest BCUT2D eigenvalue weighted by Crippen LogP contribution is -2.46. The fourth-order valence-corrected chi connectivity index (χ4v) is 7.68.